The third-order valence-electron chi connectivity index (χ3n) is 2.64. The first-order chi connectivity index (χ1) is 12.1. The van der Waals surface area contributed by atoms with Crippen molar-refractivity contribution in [3.05, 3.63) is 59.4 Å². The predicted molar refractivity (Wildman–Crippen MR) is 74.2 cm³/mol. The van der Waals surface area contributed by atoms with Crippen molar-refractivity contribution in [2.45, 2.75) is 0 Å². The fourth-order valence-electron chi connectivity index (χ4n) is 1.55. The summed E-state index contributed by atoms with van der Waals surface area (Å²) in [5, 5.41) is 0. The number of rotatable bonds is 5. The van der Waals surface area contributed by atoms with Gasteiger partial charge < -0.3 is 13.7 Å². The molecule has 0 spiro atoms. The van der Waals surface area contributed by atoms with Gasteiger partial charge in [-0.3, -0.25) is 0 Å². The van der Waals surface area contributed by atoms with Gasteiger partial charge in [0.1, 0.15) is 5.75 Å². The summed E-state index contributed by atoms with van der Waals surface area (Å²) in [6, 6.07) is 7.00. The zero-order valence-corrected chi connectivity index (χ0v) is 13.2. The maximum atomic E-state index is 13.3. The number of benzene rings is 2. The van der Waals surface area contributed by atoms with E-state index >= 15 is 0 Å². The molecule has 0 amide bonds. The van der Waals surface area contributed by atoms with Gasteiger partial charge in [0.2, 0.25) is 40.8 Å². The zero-order chi connectivity index (χ0) is 19.5. The van der Waals surface area contributed by atoms with Crippen LogP contribution in [0.3, 0.4) is 0 Å². The third kappa shape index (κ3) is 4.39. The van der Waals surface area contributed by atoms with Crippen LogP contribution < -0.4 is 8.92 Å². The smallest absolute Gasteiger partial charge is 0.414 e. The van der Waals surface area contributed by atoms with Crippen LogP contribution in [0.25, 0.3) is 0 Å². The second-order valence-electron chi connectivity index (χ2n) is 4.47. The van der Waals surface area contributed by atoms with Crippen molar-refractivity contribution in [3.8, 4) is 11.5 Å². The molecule has 26 heavy (non-hydrogen) atoms. The van der Waals surface area contributed by atoms with E-state index in [0.717, 1.165) is 0 Å². The van der Waals surface area contributed by atoms with Crippen LogP contribution in [0.4, 0.5) is 26.7 Å². The Bertz CT molecular complexity index is 904. The van der Waals surface area contributed by atoms with E-state index in [1.807, 2.05) is 0 Å². The highest BCUT2D eigenvalue weighted by Gasteiger charge is 2.29. The summed E-state index contributed by atoms with van der Waals surface area (Å²) in [6.45, 7) is 0. The van der Waals surface area contributed by atoms with Crippen LogP contribution in [-0.2, 0) is 14.9 Å². The SMILES string of the molecule is O=C(OCS(=O)(=O)Oc1ccccc1)Oc1c(F)c(F)c(F)c(F)c1F. The van der Waals surface area contributed by atoms with Crippen LogP contribution in [0, 0.1) is 29.1 Å². The van der Waals surface area contributed by atoms with Crippen molar-refractivity contribution >= 4 is 16.3 Å². The van der Waals surface area contributed by atoms with Crippen molar-refractivity contribution in [2.24, 2.45) is 0 Å². The fourth-order valence-corrected chi connectivity index (χ4v) is 2.25. The zero-order valence-electron chi connectivity index (χ0n) is 12.3. The molecule has 12 heteroatoms. The lowest BCUT2D eigenvalue weighted by Gasteiger charge is -2.10. The number of para-hydroxylation sites is 1. The molecule has 2 aromatic rings. The number of hydrogen-bond donors (Lipinski definition) is 0. The van der Waals surface area contributed by atoms with Crippen LogP contribution >= 0.6 is 0 Å². The number of carbonyl (C=O) groups is 1. The first kappa shape index (κ1) is 19.4. The monoisotopic (exact) mass is 398 g/mol. The molecule has 0 radical (unpaired) electrons. The molecule has 0 aliphatic carbocycles. The van der Waals surface area contributed by atoms with E-state index in [0.29, 0.717) is 0 Å². The molecule has 0 unspecified atom stereocenters. The summed E-state index contributed by atoms with van der Waals surface area (Å²) >= 11 is 0. The Kier molecular flexibility index (Phi) is 5.65. The highest BCUT2D eigenvalue weighted by Crippen LogP contribution is 2.29. The number of carbonyl (C=O) groups excluding carboxylic acids is 1. The highest BCUT2D eigenvalue weighted by molar-refractivity contribution is 7.86. The molecule has 0 saturated carbocycles. The quantitative estimate of drug-likeness (QED) is 0.192. The van der Waals surface area contributed by atoms with Crippen LogP contribution in [0.15, 0.2) is 30.3 Å². The first-order valence-corrected chi connectivity index (χ1v) is 8.03. The summed E-state index contributed by atoms with van der Waals surface area (Å²) in [5.74, 6) is -15.5. The number of hydrogen-bond acceptors (Lipinski definition) is 6. The van der Waals surface area contributed by atoms with Crippen molar-refractivity contribution in [1.29, 1.82) is 0 Å². The Morgan fingerprint density at radius 2 is 1.35 bits per heavy atom. The van der Waals surface area contributed by atoms with E-state index in [2.05, 4.69) is 13.7 Å². The van der Waals surface area contributed by atoms with Gasteiger partial charge in [0, 0.05) is 0 Å². The lowest BCUT2D eigenvalue weighted by atomic mass is 10.3. The van der Waals surface area contributed by atoms with Gasteiger partial charge in [0.05, 0.1) is 0 Å². The maximum Gasteiger partial charge on any atom is 0.515 e. The minimum atomic E-state index is -4.48. The number of halogens is 5. The molecule has 0 aromatic heterocycles. The van der Waals surface area contributed by atoms with E-state index < -0.39 is 57.0 Å². The molecule has 140 valence electrons. The Labute approximate surface area is 142 Å². The summed E-state index contributed by atoms with van der Waals surface area (Å²) < 4.78 is 101. The molecular weight excluding hydrogens is 391 g/mol. The Balaban J connectivity index is 2.06. The van der Waals surface area contributed by atoms with Gasteiger partial charge in [-0.15, -0.1) is 0 Å². The third-order valence-corrected chi connectivity index (χ3v) is 3.50. The molecule has 0 N–H and O–H groups in total. The van der Waals surface area contributed by atoms with Crippen LogP contribution in [0.5, 0.6) is 11.5 Å². The lowest BCUT2D eigenvalue weighted by molar-refractivity contribution is 0.108. The average Bonchev–Trinajstić information content (AvgIpc) is 2.61. The summed E-state index contributed by atoms with van der Waals surface area (Å²) in [5.41, 5.74) is 0. The van der Waals surface area contributed by atoms with Crippen LogP contribution in [0.1, 0.15) is 0 Å². The van der Waals surface area contributed by atoms with Gasteiger partial charge in [-0.1, -0.05) is 18.2 Å². The van der Waals surface area contributed by atoms with E-state index in [-0.39, 0.29) is 5.75 Å². The van der Waals surface area contributed by atoms with Crippen molar-refractivity contribution in [3.63, 3.8) is 0 Å². The van der Waals surface area contributed by atoms with Gasteiger partial charge in [0.15, 0.2) is 0 Å². The molecule has 0 fully saturated rings. The lowest BCUT2D eigenvalue weighted by Crippen LogP contribution is -2.22. The minimum Gasteiger partial charge on any atom is -0.414 e. The molecule has 0 atom stereocenters. The molecule has 6 nitrogen and oxygen atoms in total. The van der Waals surface area contributed by atoms with Gasteiger partial charge in [0.25, 0.3) is 0 Å². The standard InChI is InChI=1S/C14H7F5O6S/c15-8-9(16)11(18)13(12(19)10(8)17)24-14(20)23-6-26(21,22)25-7-4-2-1-3-5-7/h1-5H,6H2. The normalized spacial score (nSPS) is 11.1. The average molecular weight is 398 g/mol. The largest absolute Gasteiger partial charge is 0.515 e. The first-order valence-electron chi connectivity index (χ1n) is 6.45. The summed E-state index contributed by atoms with van der Waals surface area (Å²) in [7, 11) is -4.48. The van der Waals surface area contributed by atoms with Crippen molar-refractivity contribution in [2.75, 3.05) is 5.94 Å². The molecule has 0 bridgehead atoms. The Morgan fingerprint density at radius 1 is 0.846 bits per heavy atom. The topological polar surface area (TPSA) is 78.9 Å². The molecule has 0 heterocycles. The molecule has 0 saturated heterocycles. The molecule has 2 rings (SSSR count). The van der Waals surface area contributed by atoms with Gasteiger partial charge in [-0.25, -0.2) is 18.0 Å². The molecule has 2 aromatic carbocycles. The molecular formula is C14H7F5O6S. The Hall–Kier alpha value is -2.89. The minimum absolute atomic E-state index is 0.121. The van der Waals surface area contributed by atoms with Gasteiger partial charge in [-0.05, 0) is 12.1 Å². The van der Waals surface area contributed by atoms with Crippen molar-refractivity contribution < 1.29 is 48.8 Å². The molecule has 0 aliphatic rings. The van der Waals surface area contributed by atoms with Crippen LogP contribution in [0.2, 0.25) is 0 Å². The second-order valence-corrected chi connectivity index (χ2v) is 5.99. The number of ether oxygens (including phenoxy) is 2. The highest BCUT2D eigenvalue weighted by atomic mass is 32.2. The van der Waals surface area contributed by atoms with E-state index in [1.165, 1.54) is 24.3 Å². The predicted octanol–water partition coefficient (Wildman–Crippen LogP) is 3.26. The Morgan fingerprint density at radius 3 is 1.88 bits per heavy atom. The van der Waals surface area contributed by atoms with E-state index in [9.17, 15) is 35.2 Å². The summed E-state index contributed by atoms with van der Waals surface area (Å²) in [4.78, 5) is 11.3. The molecule has 0 aliphatic heterocycles. The van der Waals surface area contributed by atoms with Gasteiger partial charge in [-0.2, -0.15) is 17.2 Å². The van der Waals surface area contributed by atoms with Gasteiger partial charge >= 0.3 is 16.3 Å². The summed E-state index contributed by atoms with van der Waals surface area (Å²) in [6.07, 6.45) is -2.03. The fraction of sp³-hybridized carbons (Fsp3) is 0.0714. The van der Waals surface area contributed by atoms with Crippen LogP contribution in [-0.4, -0.2) is 20.5 Å². The van der Waals surface area contributed by atoms with Crippen molar-refractivity contribution in [1.82, 2.24) is 0 Å². The van der Waals surface area contributed by atoms with E-state index in [1.54, 1.807) is 6.07 Å². The second kappa shape index (κ2) is 7.56. The maximum absolute atomic E-state index is 13.3. The van der Waals surface area contributed by atoms with E-state index in [4.69, 9.17) is 0 Å².